The molecule has 0 fully saturated rings. The zero-order valence-corrected chi connectivity index (χ0v) is 9.53. The fraction of sp³-hybridized carbons (Fsp3) is 0.500. The van der Waals surface area contributed by atoms with Crippen molar-refractivity contribution in [2.24, 2.45) is 0 Å². The minimum atomic E-state index is -2.41. The minimum absolute atomic E-state index is 0.0229. The summed E-state index contributed by atoms with van der Waals surface area (Å²) in [6, 6.07) is 6.24. The summed E-state index contributed by atoms with van der Waals surface area (Å²) in [5, 5.41) is 11.6. The van der Waals surface area contributed by atoms with Crippen LogP contribution in [0.3, 0.4) is 0 Å². The molecule has 0 aromatic heterocycles. The van der Waals surface area contributed by atoms with Crippen molar-refractivity contribution in [3.63, 3.8) is 0 Å². The number of alkyl halides is 2. The third kappa shape index (κ3) is 5.72. The number of nitrogens with one attached hydrogen (secondary N) is 1. The molecular weight excluding hydrogens is 228 g/mol. The predicted molar refractivity (Wildman–Crippen MR) is 61.0 cm³/mol. The van der Waals surface area contributed by atoms with Crippen LogP contribution < -0.4 is 5.32 Å². The Morgan fingerprint density at radius 3 is 2.47 bits per heavy atom. The largest absolute Gasteiger partial charge is 0.394 e. The van der Waals surface area contributed by atoms with Crippen LogP contribution in [-0.2, 0) is 11.3 Å². The van der Waals surface area contributed by atoms with Gasteiger partial charge in [-0.25, -0.2) is 8.78 Å². The van der Waals surface area contributed by atoms with Crippen molar-refractivity contribution in [2.45, 2.75) is 13.0 Å². The van der Waals surface area contributed by atoms with E-state index in [9.17, 15) is 8.78 Å². The molecule has 0 aliphatic carbocycles. The Morgan fingerprint density at radius 1 is 1.18 bits per heavy atom. The maximum Gasteiger partial charge on any atom is 0.263 e. The van der Waals surface area contributed by atoms with E-state index in [1.54, 1.807) is 12.1 Å². The highest BCUT2D eigenvalue weighted by atomic mass is 19.3. The fourth-order valence-electron chi connectivity index (χ4n) is 1.32. The highest BCUT2D eigenvalue weighted by molar-refractivity contribution is 5.23. The summed E-state index contributed by atoms with van der Waals surface area (Å²) in [7, 11) is 0. The van der Waals surface area contributed by atoms with E-state index >= 15 is 0 Å². The number of rotatable bonds is 8. The minimum Gasteiger partial charge on any atom is -0.394 e. The van der Waals surface area contributed by atoms with Crippen LogP contribution in [0.1, 0.15) is 17.6 Å². The number of aliphatic hydroxyl groups excluding tert-OH is 1. The molecule has 17 heavy (non-hydrogen) atoms. The highest BCUT2D eigenvalue weighted by Gasteiger charge is 2.05. The van der Waals surface area contributed by atoms with Crippen molar-refractivity contribution >= 4 is 0 Å². The van der Waals surface area contributed by atoms with Crippen LogP contribution >= 0.6 is 0 Å². The van der Waals surface area contributed by atoms with Crippen molar-refractivity contribution in [2.75, 3.05) is 26.4 Å². The lowest BCUT2D eigenvalue weighted by Gasteiger charge is -2.06. The van der Waals surface area contributed by atoms with Gasteiger partial charge in [0, 0.05) is 18.7 Å². The molecule has 1 aromatic rings. The van der Waals surface area contributed by atoms with E-state index in [1.807, 2.05) is 0 Å². The van der Waals surface area contributed by atoms with Crippen LogP contribution in [0.15, 0.2) is 24.3 Å². The summed E-state index contributed by atoms with van der Waals surface area (Å²) in [6.45, 7) is 2.16. The first kappa shape index (κ1) is 14.0. The number of aliphatic hydroxyl groups is 1. The molecule has 0 amide bonds. The first-order chi connectivity index (χ1) is 8.24. The second-order valence-corrected chi connectivity index (χ2v) is 3.56. The van der Waals surface area contributed by atoms with Crippen LogP contribution in [0.25, 0.3) is 0 Å². The molecule has 0 aliphatic rings. The van der Waals surface area contributed by atoms with Gasteiger partial charge in [-0.3, -0.25) is 0 Å². The summed E-state index contributed by atoms with van der Waals surface area (Å²) in [5.74, 6) is 0. The van der Waals surface area contributed by atoms with E-state index in [0.29, 0.717) is 26.3 Å². The average Bonchev–Trinajstić information content (AvgIpc) is 2.34. The van der Waals surface area contributed by atoms with Gasteiger partial charge in [0.15, 0.2) is 0 Å². The Kier molecular flexibility index (Phi) is 6.69. The van der Waals surface area contributed by atoms with Crippen LogP contribution in [0.4, 0.5) is 8.78 Å². The first-order valence-electron chi connectivity index (χ1n) is 5.50. The molecule has 2 N–H and O–H groups in total. The second-order valence-electron chi connectivity index (χ2n) is 3.56. The Balaban J connectivity index is 2.19. The normalized spacial score (nSPS) is 11.1. The quantitative estimate of drug-likeness (QED) is 0.685. The molecule has 0 radical (unpaired) electrons. The van der Waals surface area contributed by atoms with Gasteiger partial charge in [-0.05, 0) is 5.56 Å². The van der Waals surface area contributed by atoms with E-state index in [1.165, 1.54) is 12.1 Å². The third-order valence-electron chi connectivity index (χ3n) is 2.22. The Morgan fingerprint density at radius 2 is 1.88 bits per heavy atom. The fourth-order valence-corrected chi connectivity index (χ4v) is 1.32. The monoisotopic (exact) mass is 245 g/mol. The van der Waals surface area contributed by atoms with Gasteiger partial charge in [-0.15, -0.1) is 0 Å². The van der Waals surface area contributed by atoms with Gasteiger partial charge < -0.3 is 15.2 Å². The average molecular weight is 245 g/mol. The number of hydrogen-bond acceptors (Lipinski definition) is 3. The van der Waals surface area contributed by atoms with Crippen molar-refractivity contribution in [1.29, 1.82) is 0 Å². The first-order valence-corrected chi connectivity index (χ1v) is 5.50. The molecule has 0 saturated carbocycles. The molecule has 5 heteroatoms. The van der Waals surface area contributed by atoms with Gasteiger partial charge in [-0.2, -0.15) is 0 Å². The van der Waals surface area contributed by atoms with Gasteiger partial charge >= 0.3 is 0 Å². The molecule has 0 bridgehead atoms. The molecule has 96 valence electrons. The smallest absolute Gasteiger partial charge is 0.263 e. The molecule has 1 rings (SSSR count). The van der Waals surface area contributed by atoms with Crippen molar-refractivity contribution in [1.82, 2.24) is 5.32 Å². The maximum absolute atomic E-state index is 12.3. The standard InChI is InChI=1S/C12H17F2NO2/c13-12(14)11-3-1-10(2-4-11)9-15-5-7-17-8-6-16/h1-4,12,15-16H,5-9H2. The van der Waals surface area contributed by atoms with E-state index in [2.05, 4.69) is 5.32 Å². The molecule has 0 saturated heterocycles. The van der Waals surface area contributed by atoms with Crippen LogP contribution in [0, 0.1) is 0 Å². The molecule has 0 spiro atoms. The number of benzene rings is 1. The van der Waals surface area contributed by atoms with E-state index < -0.39 is 6.43 Å². The maximum atomic E-state index is 12.3. The van der Waals surface area contributed by atoms with Crippen molar-refractivity contribution < 1.29 is 18.6 Å². The number of halogens is 2. The molecular formula is C12H17F2NO2. The van der Waals surface area contributed by atoms with E-state index in [4.69, 9.17) is 9.84 Å². The Labute approximate surface area is 99.4 Å². The predicted octanol–water partition coefficient (Wildman–Crippen LogP) is 1.72. The molecule has 0 atom stereocenters. The SMILES string of the molecule is OCCOCCNCc1ccc(C(F)F)cc1. The lowest BCUT2D eigenvalue weighted by atomic mass is 10.1. The lowest BCUT2D eigenvalue weighted by molar-refractivity contribution is 0.0938. The number of hydrogen-bond donors (Lipinski definition) is 2. The summed E-state index contributed by atoms with van der Waals surface area (Å²) in [5.41, 5.74) is 0.997. The molecule has 0 unspecified atom stereocenters. The van der Waals surface area contributed by atoms with Crippen molar-refractivity contribution in [3.8, 4) is 0 Å². The van der Waals surface area contributed by atoms with E-state index in [-0.39, 0.29) is 12.2 Å². The molecule has 1 aromatic carbocycles. The second kappa shape index (κ2) is 8.11. The summed E-state index contributed by atoms with van der Waals surface area (Å²) < 4.78 is 29.6. The highest BCUT2D eigenvalue weighted by Crippen LogP contribution is 2.18. The zero-order chi connectivity index (χ0) is 12.5. The molecule has 0 heterocycles. The Bertz CT molecular complexity index is 304. The molecule has 3 nitrogen and oxygen atoms in total. The van der Waals surface area contributed by atoms with Gasteiger partial charge in [0.05, 0.1) is 19.8 Å². The summed E-state index contributed by atoms with van der Waals surface area (Å²) in [4.78, 5) is 0. The zero-order valence-electron chi connectivity index (χ0n) is 9.53. The van der Waals surface area contributed by atoms with Crippen LogP contribution in [0.5, 0.6) is 0 Å². The van der Waals surface area contributed by atoms with Gasteiger partial charge in [0.1, 0.15) is 0 Å². The van der Waals surface area contributed by atoms with Gasteiger partial charge in [0.2, 0.25) is 0 Å². The van der Waals surface area contributed by atoms with Crippen LogP contribution in [0.2, 0.25) is 0 Å². The lowest BCUT2D eigenvalue weighted by Crippen LogP contribution is -2.19. The van der Waals surface area contributed by atoms with E-state index in [0.717, 1.165) is 5.56 Å². The summed E-state index contributed by atoms with van der Waals surface area (Å²) in [6.07, 6.45) is -2.41. The van der Waals surface area contributed by atoms with Crippen molar-refractivity contribution in [3.05, 3.63) is 35.4 Å². The van der Waals surface area contributed by atoms with Crippen LogP contribution in [-0.4, -0.2) is 31.5 Å². The number of ether oxygens (including phenoxy) is 1. The van der Waals surface area contributed by atoms with Gasteiger partial charge in [0.25, 0.3) is 6.43 Å². The Hall–Kier alpha value is -1.04. The third-order valence-corrected chi connectivity index (χ3v) is 2.22. The molecule has 0 aliphatic heterocycles. The topological polar surface area (TPSA) is 41.5 Å². The van der Waals surface area contributed by atoms with Gasteiger partial charge in [-0.1, -0.05) is 24.3 Å². The summed E-state index contributed by atoms with van der Waals surface area (Å²) >= 11 is 0.